The summed E-state index contributed by atoms with van der Waals surface area (Å²) in [5.74, 6) is 0.144. The number of likely N-dealkylation sites (tertiary alicyclic amines) is 1. The van der Waals surface area contributed by atoms with E-state index in [4.69, 9.17) is 16.3 Å². The zero-order chi connectivity index (χ0) is 21.0. The smallest absolute Gasteiger partial charge is 0.164 e. The van der Waals surface area contributed by atoms with Crippen LogP contribution < -0.4 is 4.90 Å². The molecule has 4 nitrogen and oxygen atoms in total. The standard InChI is InChI=1S/C25H31ClN2O2.ClH/c1-20(21-7-9-23(10-8-21)28-15-17-30-18-16-28)27-13-11-25(26,12-14-27)19-24(29)22-5-3-2-4-6-22;/h2-10,20H,11-19H2,1H3;1H. The molecule has 0 bridgehead atoms. The fourth-order valence-corrected chi connectivity index (χ4v) is 4.79. The van der Waals surface area contributed by atoms with Crippen molar-refractivity contribution >= 4 is 35.5 Å². The number of hydrogen-bond donors (Lipinski definition) is 0. The largest absolute Gasteiger partial charge is 0.378 e. The molecule has 31 heavy (non-hydrogen) atoms. The number of morpholine rings is 1. The van der Waals surface area contributed by atoms with Gasteiger partial charge in [0.15, 0.2) is 5.78 Å². The van der Waals surface area contributed by atoms with E-state index in [1.165, 1.54) is 11.3 Å². The van der Waals surface area contributed by atoms with E-state index in [2.05, 4.69) is 41.0 Å². The summed E-state index contributed by atoms with van der Waals surface area (Å²) in [6.07, 6.45) is 2.09. The molecule has 2 fully saturated rings. The molecule has 0 radical (unpaired) electrons. The van der Waals surface area contributed by atoms with E-state index in [-0.39, 0.29) is 18.2 Å². The molecule has 168 valence electrons. The number of carbonyl (C=O) groups excluding carboxylic acids is 1. The molecule has 6 heteroatoms. The van der Waals surface area contributed by atoms with Gasteiger partial charge in [0.1, 0.15) is 0 Å². The van der Waals surface area contributed by atoms with E-state index in [1.807, 2.05) is 30.3 Å². The Bertz CT molecular complexity index is 830. The summed E-state index contributed by atoms with van der Waals surface area (Å²) in [7, 11) is 0. The number of rotatable bonds is 6. The van der Waals surface area contributed by atoms with E-state index in [1.54, 1.807) is 0 Å². The molecular formula is C25H32Cl2N2O2. The molecule has 4 rings (SSSR count). The van der Waals surface area contributed by atoms with E-state index in [9.17, 15) is 4.79 Å². The fourth-order valence-electron chi connectivity index (χ4n) is 4.50. The minimum absolute atomic E-state index is 0. The number of hydrogen-bond acceptors (Lipinski definition) is 4. The number of benzene rings is 2. The first-order valence-electron chi connectivity index (χ1n) is 11.0. The zero-order valence-corrected chi connectivity index (χ0v) is 19.7. The second-order valence-electron chi connectivity index (χ2n) is 8.52. The lowest BCUT2D eigenvalue weighted by Gasteiger charge is -2.40. The maximum Gasteiger partial charge on any atom is 0.164 e. The SMILES string of the molecule is CC(c1ccc(N2CCOCC2)cc1)N1CCC(Cl)(CC(=O)c2ccccc2)CC1.Cl. The number of nitrogens with zero attached hydrogens (tertiary/aromatic N) is 2. The Morgan fingerprint density at radius 2 is 1.61 bits per heavy atom. The van der Waals surface area contributed by atoms with Crippen LogP contribution in [0.15, 0.2) is 54.6 Å². The first-order chi connectivity index (χ1) is 14.5. The third kappa shape index (κ3) is 6.01. The average molecular weight is 463 g/mol. The van der Waals surface area contributed by atoms with Gasteiger partial charge in [0.25, 0.3) is 0 Å². The number of Topliss-reactive ketones (excluding diaryl/α,β-unsaturated/α-hetero) is 1. The van der Waals surface area contributed by atoms with Gasteiger partial charge in [0.2, 0.25) is 0 Å². The predicted octanol–water partition coefficient (Wildman–Crippen LogP) is 5.35. The van der Waals surface area contributed by atoms with Crippen molar-refractivity contribution in [3.8, 4) is 0 Å². The fraction of sp³-hybridized carbons (Fsp3) is 0.480. The van der Waals surface area contributed by atoms with Crippen LogP contribution in [0.4, 0.5) is 5.69 Å². The summed E-state index contributed by atoms with van der Waals surface area (Å²) in [4.78, 5) is 17.0. The monoisotopic (exact) mass is 462 g/mol. The minimum atomic E-state index is -0.427. The zero-order valence-electron chi connectivity index (χ0n) is 18.1. The maximum atomic E-state index is 12.6. The van der Waals surface area contributed by atoms with Crippen molar-refractivity contribution in [2.75, 3.05) is 44.3 Å². The number of ketones is 1. The Morgan fingerprint density at radius 1 is 1.00 bits per heavy atom. The molecule has 2 heterocycles. The van der Waals surface area contributed by atoms with Crippen LogP contribution in [-0.2, 0) is 4.74 Å². The van der Waals surface area contributed by atoms with Crippen molar-refractivity contribution in [2.24, 2.45) is 0 Å². The van der Waals surface area contributed by atoms with Gasteiger partial charge in [-0.2, -0.15) is 0 Å². The molecular weight excluding hydrogens is 431 g/mol. The Balaban J connectivity index is 0.00000272. The molecule has 0 N–H and O–H groups in total. The van der Waals surface area contributed by atoms with Crippen LogP contribution in [0.1, 0.15) is 48.1 Å². The Morgan fingerprint density at radius 3 is 2.23 bits per heavy atom. The van der Waals surface area contributed by atoms with Gasteiger partial charge in [-0.05, 0) is 37.5 Å². The van der Waals surface area contributed by atoms with E-state index < -0.39 is 4.87 Å². The molecule has 2 aromatic rings. The minimum Gasteiger partial charge on any atom is -0.378 e. The molecule has 1 atom stereocenters. The topological polar surface area (TPSA) is 32.8 Å². The van der Waals surface area contributed by atoms with Gasteiger partial charge >= 0.3 is 0 Å². The van der Waals surface area contributed by atoms with Gasteiger partial charge in [-0.3, -0.25) is 9.69 Å². The van der Waals surface area contributed by atoms with Crippen LogP contribution in [0.3, 0.4) is 0 Å². The van der Waals surface area contributed by atoms with Gasteiger partial charge < -0.3 is 9.64 Å². The lowest BCUT2D eigenvalue weighted by Crippen LogP contribution is -2.43. The maximum absolute atomic E-state index is 12.6. The second-order valence-corrected chi connectivity index (χ2v) is 9.32. The third-order valence-electron chi connectivity index (χ3n) is 6.57. The van der Waals surface area contributed by atoms with Crippen LogP contribution in [0, 0.1) is 0 Å². The quantitative estimate of drug-likeness (QED) is 0.427. The highest BCUT2D eigenvalue weighted by Crippen LogP contribution is 2.37. The average Bonchev–Trinajstić information content (AvgIpc) is 2.80. The first-order valence-corrected chi connectivity index (χ1v) is 11.4. The number of piperidine rings is 1. The van der Waals surface area contributed by atoms with Gasteiger partial charge in [0.05, 0.1) is 18.1 Å². The van der Waals surface area contributed by atoms with Crippen LogP contribution in [-0.4, -0.2) is 55.0 Å². The molecule has 2 aromatic carbocycles. The summed E-state index contributed by atoms with van der Waals surface area (Å²) < 4.78 is 5.45. The van der Waals surface area contributed by atoms with Crippen molar-refractivity contribution in [1.29, 1.82) is 0 Å². The van der Waals surface area contributed by atoms with Crippen LogP contribution >= 0.6 is 24.0 Å². The summed E-state index contributed by atoms with van der Waals surface area (Å²) in [5, 5.41) is 0. The normalized spacial score (nSPS) is 20.0. The van der Waals surface area contributed by atoms with Gasteiger partial charge in [-0.25, -0.2) is 0 Å². The van der Waals surface area contributed by atoms with Crippen LogP contribution in [0.2, 0.25) is 0 Å². The Hall–Kier alpha value is -1.59. The van der Waals surface area contributed by atoms with E-state index >= 15 is 0 Å². The molecule has 2 aliphatic rings. The Labute approximate surface area is 196 Å². The van der Waals surface area contributed by atoms with Crippen molar-refractivity contribution in [2.45, 2.75) is 37.1 Å². The second kappa shape index (κ2) is 10.8. The third-order valence-corrected chi connectivity index (χ3v) is 7.08. The molecule has 0 saturated carbocycles. The van der Waals surface area contributed by atoms with Crippen molar-refractivity contribution in [1.82, 2.24) is 4.90 Å². The molecule has 0 aromatic heterocycles. The van der Waals surface area contributed by atoms with Crippen molar-refractivity contribution < 1.29 is 9.53 Å². The summed E-state index contributed by atoms with van der Waals surface area (Å²) in [5.41, 5.74) is 3.36. The molecule has 0 amide bonds. The molecule has 1 unspecified atom stereocenters. The van der Waals surface area contributed by atoms with Crippen molar-refractivity contribution in [3.63, 3.8) is 0 Å². The lowest BCUT2D eigenvalue weighted by atomic mass is 9.88. The first kappa shape index (κ1) is 24.1. The highest BCUT2D eigenvalue weighted by Gasteiger charge is 2.36. The van der Waals surface area contributed by atoms with Gasteiger partial charge in [-0.15, -0.1) is 24.0 Å². The number of anilines is 1. The van der Waals surface area contributed by atoms with Gasteiger partial charge in [-0.1, -0.05) is 42.5 Å². The predicted molar refractivity (Wildman–Crippen MR) is 130 cm³/mol. The number of carbonyl (C=O) groups is 1. The highest BCUT2D eigenvalue weighted by molar-refractivity contribution is 6.25. The number of halogens is 2. The lowest BCUT2D eigenvalue weighted by molar-refractivity contribution is 0.0927. The summed E-state index contributed by atoms with van der Waals surface area (Å²) >= 11 is 6.88. The molecule has 2 saturated heterocycles. The van der Waals surface area contributed by atoms with E-state index in [0.717, 1.165) is 57.8 Å². The molecule has 2 aliphatic heterocycles. The summed E-state index contributed by atoms with van der Waals surface area (Å²) in [6.45, 7) is 7.62. The Kier molecular flexibility index (Phi) is 8.40. The molecule has 0 spiro atoms. The molecule has 0 aliphatic carbocycles. The summed E-state index contributed by atoms with van der Waals surface area (Å²) in [6, 6.07) is 18.8. The van der Waals surface area contributed by atoms with Gasteiger partial charge in [0, 0.05) is 49.9 Å². The van der Waals surface area contributed by atoms with Crippen molar-refractivity contribution in [3.05, 3.63) is 65.7 Å². The number of alkyl halides is 1. The van der Waals surface area contributed by atoms with E-state index in [0.29, 0.717) is 12.5 Å². The van der Waals surface area contributed by atoms with Crippen LogP contribution in [0.25, 0.3) is 0 Å². The van der Waals surface area contributed by atoms with Crippen LogP contribution in [0.5, 0.6) is 0 Å². The highest BCUT2D eigenvalue weighted by atomic mass is 35.5. The number of ether oxygens (including phenoxy) is 1.